The molecule has 0 aromatic rings. The Morgan fingerprint density at radius 3 is 2.92 bits per heavy atom. The van der Waals surface area contributed by atoms with E-state index in [-0.39, 0.29) is 12.1 Å². The van der Waals surface area contributed by atoms with E-state index in [9.17, 15) is 4.79 Å². The van der Waals surface area contributed by atoms with Crippen LogP contribution in [-0.4, -0.2) is 12.1 Å². The molecule has 0 aromatic heterocycles. The van der Waals surface area contributed by atoms with Crippen LogP contribution in [0.4, 0.5) is 0 Å². The first-order valence-corrected chi connectivity index (χ1v) is 5.34. The summed E-state index contributed by atoms with van der Waals surface area (Å²) in [5.41, 5.74) is 0. The van der Waals surface area contributed by atoms with E-state index in [0.29, 0.717) is 18.3 Å². The molecule has 1 aliphatic heterocycles. The van der Waals surface area contributed by atoms with E-state index in [4.69, 9.17) is 4.74 Å². The predicted molar refractivity (Wildman–Crippen MR) is 52.4 cm³/mol. The van der Waals surface area contributed by atoms with E-state index in [1.807, 2.05) is 0 Å². The second-order valence-electron chi connectivity index (χ2n) is 4.24. The van der Waals surface area contributed by atoms with Gasteiger partial charge in [0.05, 0.1) is 0 Å². The van der Waals surface area contributed by atoms with Gasteiger partial charge in [-0.2, -0.15) is 0 Å². The predicted octanol–water partition coefficient (Wildman–Crippen LogP) is 2.76. The highest BCUT2D eigenvalue weighted by atomic mass is 16.5. The van der Waals surface area contributed by atoms with Gasteiger partial charge in [-0.3, -0.25) is 4.79 Å². The monoisotopic (exact) mass is 184 g/mol. The van der Waals surface area contributed by atoms with Gasteiger partial charge in [0.15, 0.2) is 0 Å². The lowest BCUT2D eigenvalue weighted by atomic mass is 9.86. The van der Waals surface area contributed by atoms with E-state index < -0.39 is 0 Å². The molecule has 2 nitrogen and oxygen atoms in total. The average molecular weight is 184 g/mol. The highest BCUT2D eigenvalue weighted by molar-refractivity contribution is 5.70. The molecule has 76 valence electrons. The van der Waals surface area contributed by atoms with Gasteiger partial charge in [0.25, 0.3) is 0 Å². The molecule has 0 radical (unpaired) electrons. The van der Waals surface area contributed by atoms with Crippen LogP contribution in [0, 0.1) is 11.8 Å². The van der Waals surface area contributed by atoms with Gasteiger partial charge in [-0.1, -0.05) is 27.2 Å². The summed E-state index contributed by atoms with van der Waals surface area (Å²) in [6.07, 6.45) is 4.10. The summed E-state index contributed by atoms with van der Waals surface area (Å²) in [6, 6.07) is 0. The van der Waals surface area contributed by atoms with E-state index in [0.717, 1.165) is 12.8 Å². The number of rotatable bonds is 3. The average Bonchev–Trinajstić information content (AvgIpc) is 2.09. The highest BCUT2D eigenvalue weighted by Crippen LogP contribution is 2.28. The molecule has 0 aliphatic carbocycles. The Kier molecular flexibility index (Phi) is 3.76. The van der Waals surface area contributed by atoms with Crippen molar-refractivity contribution in [2.45, 2.75) is 52.6 Å². The third-order valence-corrected chi connectivity index (χ3v) is 2.94. The number of ether oxygens (including phenoxy) is 1. The Morgan fingerprint density at radius 1 is 1.62 bits per heavy atom. The summed E-state index contributed by atoms with van der Waals surface area (Å²) >= 11 is 0. The van der Waals surface area contributed by atoms with Crippen molar-refractivity contribution in [3.63, 3.8) is 0 Å². The number of carbonyl (C=O) groups excluding carboxylic acids is 1. The fourth-order valence-corrected chi connectivity index (χ4v) is 2.13. The molecule has 13 heavy (non-hydrogen) atoms. The Balaban J connectivity index is 2.49. The van der Waals surface area contributed by atoms with E-state index in [1.165, 1.54) is 6.42 Å². The fourth-order valence-electron chi connectivity index (χ4n) is 2.13. The number of hydrogen-bond acceptors (Lipinski definition) is 2. The molecule has 1 aliphatic rings. The molecule has 0 N–H and O–H groups in total. The molecule has 3 atom stereocenters. The Bertz CT molecular complexity index is 177. The zero-order valence-electron chi connectivity index (χ0n) is 8.88. The molecule has 0 saturated carbocycles. The molecule has 0 amide bonds. The molecule has 2 heteroatoms. The molecule has 1 fully saturated rings. The molecular weight excluding hydrogens is 164 g/mol. The van der Waals surface area contributed by atoms with E-state index >= 15 is 0 Å². The van der Waals surface area contributed by atoms with Gasteiger partial charge >= 0.3 is 5.97 Å². The van der Waals surface area contributed by atoms with Crippen molar-refractivity contribution in [3.05, 3.63) is 0 Å². The summed E-state index contributed by atoms with van der Waals surface area (Å²) in [5.74, 6) is 1.05. The van der Waals surface area contributed by atoms with Crippen LogP contribution in [0.15, 0.2) is 0 Å². The van der Waals surface area contributed by atoms with E-state index in [1.54, 1.807) is 0 Å². The zero-order chi connectivity index (χ0) is 9.84. The highest BCUT2D eigenvalue weighted by Gasteiger charge is 2.31. The second-order valence-corrected chi connectivity index (χ2v) is 4.24. The van der Waals surface area contributed by atoms with Gasteiger partial charge in [-0.25, -0.2) is 0 Å². The number of esters is 1. The van der Waals surface area contributed by atoms with Gasteiger partial charge in [0, 0.05) is 6.42 Å². The maximum atomic E-state index is 11.1. The molecular formula is C11H20O2. The van der Waals surface area contributed by atoms with Crippen molar-refractivity contribution in [2.75, 3.05) is 0 Å². The second kappa shape index (κ2) is 4.64. The van der Waals surface area contributed by atoms with Gasteiger partial charge in [-0.15, -0.1) is 0 Å². The van der Waals surface area contributed by atoms with Gasteiger partial charge in [0.1, 0.15) is 6.10 Å². The van der Waals surface area contributed by atoms with Crippen molar-refractivity contribution in [1.82, 2.24) is 0 Å². The van der Waals surface area contributed by atoms with Crippen molar-refractivity contribution in [3.8, 4) is 0 Å². The van der Waals surface area contributed by atoms with Crippen molar-refractivity contribution in [2.24, 2.45) is 11.8 Å². The van der Waals surface area contributed by atoms with Crippen molar-refractivity contribution < 1.29 is 9.53 Å². The number of carbonyl (C=O) groups is 1. The minimum atomic E-state index is -0.00828. The van der Waals surface area contributed by atoms with Crippen LogP contribution in [-0.2, 0) is 9.53 Å². The molecule has 0 aromatic carbocycles. The first kappa shape index (κ1) is 10.6. The number of hydrogen-bond donors (Lipinski definition) is 0. The first-order chi connectivity index (χ1) is 6.15. The van der Waals surface area contributed by atoms with Crippen LogP contribution < -0.4 is 0 Å². The molecule has 1 rings (SSSR count). The Hall–Kier alpha value is -0.530. The summed E-state index contributed by atoms with van der Waals surface area (Å²) in [6.45, 7) is 6.54. The van der Waals surface area contributed by atoms with Crippen LogP contribution in [0.1, 0.15) is 46.5 Å². The van der Waals surface area contributed by atoms with Crippen LogP contribution in [0.25, 0.3) is 0 Å². The lowest BCUT2D eigenvalue weighted by Gasteiger charge is -2.32. The fraction of sp³-hybridized carbons (Fsp3) is 0.909. The lowest BCUT2D eigenvalue weighted by Crippen LogP contribution is -2.35. The van der Waals surface area contributed by atoms with E-state index in [2.05, 4.69) is 20.8 Å². The molecule has 1 heterocycles. The summed E-state index contributed by atoms with van der Waals surface area (Å²) < 4.78 is 5.37. The topological polar surface area (TPSA) is 26.3 Å². The summed E-state index contributed by atoms with van der Waals surface area (Å²) in [7, 11) is 0. The quantitative estimate of drug-likeness (QED) is 0.630. The third-order valence-electron chi connectivity index (χ3n) is 2.94. The number of cyclic esters (lactones) is 1. The van der Waals surface area contributed by atoms with Crippen LogP contribution in [0.5, 0.6) is 0 Å². The largest absolute Gasteiger partial charge is 0.462 e. The van der Waals surface area contributed by atoms with Crippen LogP contribution in [0.3, 0.4) is 0 Å². The maximum absolute atomic E-state index is 11.1. The first-order valence-electron chi connectivity index (χ1n) is 5.34. The van der Waals surface area contributed by atoms with Gasteiger partial charge < -0.3 is 4.74 Å². The lowest BCUT2D eigenvalue weighted by molar-refractivity contribution is -0.161. The normalized spacial score (nSPS) is 31.2. The maximum Gasteiger partial charge on any atom is 0.306 e. The standard InChI is InChI=1S/C11H20O2/c1-4-5-8(2)11-9(3)6-7-10(12)13-11/h8-9,11H,4-7H2,1-3H3. The summed E-state index contributed by atoms with van der Waals surface area (Å²) in [5, 5.41) is 0. The SMILES string of the molecule is CCCC(C)C1OC(=O)CCC1C. The molecule has 0 bridgehead atoms. The van der Waals surface area contributed by atoms with Crippen molar-refractivity contribution >= 4 is 5.97 Å². The smallest absolute Gasteiger partial charge is 0.306 e. The Labute approximate surface area is 80.7 Å². The van der Waals surface area contributed by atoms with Crippen molar-refractivity contribution in [1.29, 1.82) is 0 Å². The van der Waals surface area contributed by atoms with Gasteiger partial charge in [0.2, 0.25) is 0 Å². The zero-order valence-corrected chi connectivity index (χ0v) is 8.88. The van der Waals surface area contributed by atoms with Crippen LogP contribution >= 0.6 is 0 Å². The molecule has 3 unspecified atom stereocenters. The Morgan fingerprint density at radius 2 is 2.31 bits per heavy atom. The van der Waals surface area contributed by atoms with Gasteiger partial charge in [-0.05, 0) is 24.7 Å². The minimum Gasteiger partial charge on any atom is -0.462 e. The molecule has 1 saturated heterocycles. The molecule has 0 spiro atoms. The summed E-state index contributed by atoms with van der Waals surface area (Å²) in [4.78, 5) is 11.1. The van der Waals surface area contributed by atoms with Crippen LogP contribution in [0.2, 0.25) is 0 Å². The third kappa shape index (κ3) is 2.71. The minimum absolute atomic E-state index is 0.00828.